The molecule has 2 N–H and O–H groups in total. The van der Waals surface area contributed by atoms with Gasteiger partial charge in [-0.1, -0.05) is 0 Å². The zero-order valence-corrected chi connectivity index (χ0v) is 8.43. The van der Waals surface area contributed by atoms with E-state index in [0.29, 0.717) is 10.9 Å². The number of phenols is 1. The molecule has 3 heteroatoms. The third-order valence-electron chi connectivity index (χ3n) is 1.79. The van der Waals surface area contributed by atoms with Crippen LogP contribution >= 0.6 is 15.9 Å². The van der Waals surface area contributed by atoms with Crippen molar-refractivity contribution in [2.24, 2.45) is 0 Å². The number of aromatic hydroxyl groups is 1. The zero-order chi connectivity index (χ0) is 9.14. The predicted octanol–water partition coefficient (Wildman–Crippen LogP) is 2.00. The Kier molecular flexibility index (Phi) is 3.12. The summed E-state index contributed by atoms with van der Waals surface area (Å²) in [7, 11) is 0. The Bertz CT molecular complexity index is 284. The Morgan fingerprint density at radius 3 is 2.67 bits per heavy atom. The highest BCUT2D eigenvalue weighted by molar-refractivity contribution is 9.10. The summed E-state index contributed by atoms with van der Waals surface area (Å²) in [4.78, 5) is 0. The number of aryl methyl sites for hydroxylation is 1. The van der Waals surface area contributed by atoms with Crippen molar-refractivity contribution in [3.63, 3.8) is 0 Å². The monoisotopic (exact) mass is 230 g/mol. The van der Waals surface area contributed by atoms with Crippen LogP contribution in [0, 0.1) is 6.92 Å². The predicted molar refractivity (Wildman–Crippen MR) is 51.3 cm³/mol. The van der Waals surface area contributed by atoms with E-state index in [1.807, 2.05) is 13.0 Å². The summed E-state index contributed by atoms with van der Waals surface area (Å²) in [6.45, 7) is 2.05. The zero-order valence-electron chi connectivity index (χ0n) is 6.84. The second kappa shape index (κ2) is 3.92. The van der Waals surface area contributed by atoms with Crippen molar-refractivity contribution >= 4 is 15.9 Å². The highest BCUT2D eigenvalue weighted by Crippen LogP contribution is 2.27. The highest BCUT2D eigenvalue weighted by atomic mass is 79.9. The van der Waals surface area contributed by atoms with Gasteiger partial charge in [-0.05, 0) is 52.5 Å². The van der Waals surface area contributed by atoms with Gasteiger partial charge in [0.1, 0.15) is 5.75 Å². The molecule has 0 atom stereocenters. The van der Waals surface area contributed by atoms with Crippen LogP contribution in [0.25, 0.3) is 0 Å². The van der Waals surface area contributed by atoms with Crippen LogP contribution in [0.4, 0.5) is 0 Å². The average Bonchev–Trinajstić information content (AvgIpc) is 2.01. The van der Waals surface area contributed by atoms with Gasteiger partial charge in [0.25, 0.3) is 0 Å². The minimum atomic E-state index is 0.137. The smallest absolute Gasteiger partial charge is 0.130 e. The first-order chi connectivity index (χ1) is 5.65. The first kappa shape index (κ1) is 9.55. The molecule has 0 aromatic heterocycles. The van der Waals surface area contributed by atoms with Gasteiger partial charge >= 0.3 is 0 Å². The second-order valence-electron chi connectivity index (χ2n) is 2.70. The van der Waals surface area contributed by atoms with Gasteiger partial charge in [0.2, 0.25) is 0 Å². The molecule has 0 spiro atoms. The molecule has 0 amide bonds. The van der Waals surface area contributed by atoms with Gasteiger partial charge < -0.3 is 10.2 Å². The minimum Gasteiger partial charge on any atom is -0.507 e. The van der Waals surface area contributed by atoms with Crippen LogP contribution in [0.5, 0.6) is 5.75 Å². The Balaban J connectivity index is 3.05. The summed E-state index contributed by atoms with van der Waals surface area (Å²) in [6, 6.07) is 3.52. The van der Waals surface area contributed by atoms with Crippen LogP contribution in [-0.2, 0) is 6.42 Å². The number of aliphatic hydroxyl groups excluding tert-OH is 1. The normalized spacial score (nSPS) is 10.2. The third kappa shape index (κ3) is 1.99. The number of halogens is 1. The molecule has 0 saturated heterocycles. The molecule has 1 aromatic carbocycles. The van der Waals surface area contributed by atoms with Crippen LogP contribution in [-0.4, -0.2) is 16.8 Å². The first-order valence-corrected chi connectivity index (χ1v) is 4.53. The van der Waals surface area contributed by atoms with Crippen molar-refractivity contribution in [2.75, 3.05) is 6.61 Å². The lowest BCUT2D eigenvalue weighted by atomic mass is 10.1. The van der Waals surface area contributed by atoms with Crippen molar-refractivity contribution < 1.29 is 10.2 Å². The molecule has 1 rings (SSSR count). The van der Waals surface area contributed by atoms with Gasteiger partial charge in [-0.2, -0.15) is 0 Å². The molecule has 12 heavy (non-hydrogen) atoms. The Hall–Kier alpha value is -0.540. The molecular formula is C9H11BrO2. The van der Waals surface area contributed by atoms with Crippen molar-refractivity contribution in [1.82, 2.24) is 0 Å². The Labute approximate surface area is 80.0 Å². The number of phenolic OH excluding ortho intramolecular Hbond substituents is 1. The van der Waals surface area contributed by atoms with Crippen molar-refractivity contribution in [2.45, 2.75) is 13.3 Å². The SMILES string of the molecule is Cc1cc(O)c(Br)cc1CCO. The van der Waals surface area contributed by atoms with E-state index in [1.54, 1.807) is 6.07 Å². The molecule has 0 unspecified atom stereocenters. The van der Waals surface area contributed by atoms with E-state index in [9.17, 15) is 5.11 Å². The van der Waals surface area contributed by atoms with E-state index >= 15 is 0 Å². The number of benzene rings is 1. The van der Waals surface area contributed by atoms with Crippen LogP contribution in [0.2, 0.25) is 0 Å². The molecule has 2 nitrogen and oxygen atoms in total. The van der Waals surface area contributed by atoms with Crippen LogP contribution in [0.1, 0.15) is 11.1 Å². The lowest BCUT2D eigenvalue weighted by Gasteiger charge is -2.05. The average molecular weight is 231 g/mol. The Morgan fingerprint density at radius 1 is 1.42 bits per heavy atom. The molecule has 0 fully saturated rings. The number of hydrogen-bond donors (Lipinski definition) is 2. The van der Waals surface area contributed by atoms with E-state index < -0.39 is 0 Å². The number of hydrogen-bond acceptors (Lipinski definition) is 2. The second-order valence-corrected chi connectivity index (χ2v) is 3.56. The maximum atomic E-state index is 9.28. The summed E-state index contributed by atoms with van der Waals surface area (Å²) in [5, 5.41) is 18.0. The van der Waals surface area contributed by atoms with E-state index in [2.05, 4.69) is 15.9 Å². The van der Waals surface area contributed by atoms with E-state index in [1.165, 1.54) is 0 Å². The van der Waals surface area contributed by atoms with Gasteiger partial charge in [-0.3, -0.25) is 0 Å². The number of rotatable bonds is 2. The van der Waals surface area contributed by atoms with Gasteiger partial charge in [0, 0.05) is 6.61 Å². The molecule has 0 aliphatic rings. The fourth-order valence-electron chi connectivity index (χ4n) is 1.10. The summed E-state index contributed by atoms with van der Waals surface area (Å²) in [5.74, 6) is 0.245. The Morgan fingerprint density at radius 2 is 2.08 bits per heavy atom. The summed E-state index contributed by atoms with van der Waals surface area (Å²) in [5.41, 5.74) is 2.06. The summed E-state index contributed by atoms with van der Waals surface area (Å²) in [6.07, 6.45) is 0.630. The lowest BCUT2D eigenvalue weighted by Crippen LogP contribution is -1.93. The fraction of sp³-hybridized carbons (Fsp3) is 0.333. The third-order valence-corrected chi connectivity index (χ3v) is 2.42. The fourth-order valence-corrected chi connectivity index (χ4v) is 1.49. The van der Waals surface area contributed by atoms with Crippen LogP contribution in [0.3, 0.4) is 0 Å². The quantitative estimate of drug-likeness (QED) is 0.817. The van der Waals surface area contributed by atoms with Crippen LogP contribution in [0.15, 0.2) is 16.6 Å². The van der Waals surface area contributed by atoms with Crippen molar-refractivity contribution in [3.05, 3.63) is 27.7 Å². The highest BCUT2D eigenvalue weighted by Gasteiger charge is 2.03. The molecule has 66 valence electrons. The molecule has 0 aliphatic carbocycles. The first-order valence-electron chi connectivity index (χ1n) is 3.74. The van der Waals surface area contributed by atoms with Gasteiger partial charge in [0.15, 0.2) is 0 Å². The van der Waals surface area contributed by atoms with Crippen LogP contribution < -0.4 is 0 Å². The van der Waals surface area contributed by atoms with Gasteiger partial charge in [-0.25, -0.2) is 0 Å². The van der Waals surface area contributed by atoms with Crippen molar-refractivity contribution in [1.29, 1.82) is 0 Å². The van der Waals surface area contributed by atoms with E-state index in [-0.39, 0.29) is 12.4 Å². The standard InChI is InChI=1S/C9H11BrO2/c1-6-4-9(12)8(10)5-7(6)2-3-11/h4-5,11-12H,2-3H2,1H3. The number of aliphatic hydroxyl groups is 1. The molecule has 1 aromatic rings. The molecule has 0 aliphatic heterocycles. The largest absolute Gasteiger partial charge is 0.507 e. The maximum absolute atomic E-state index is 9.28. The topological polar surface area (TPSA) is 40.5 Å². The summed E-state index contributed by atoms with van der Waals surface area (Å²) < 4.78 is 0.677. The molecule has 0 radical (unpaired) electrons. The molecule has 0 bridgehead atoms. The van der Waals surface area contributed by atoms with E-state index in [0.717, 1.165) is 11.1 Å². The maximum Gasteiger partial charge on any atom is 0.130 e. The molecular weight excluding hydrogens is 220 g/mol. The van der Waals surface area contributed by atoms with Gasteiger partial charge in [-0.15, -0.1) is 0 Å². The molecule has 0 saturated carbocycles. The summed E-state index contributed by atoms with van der Waals surface area (Å²) >= 11 is 3.22. The minimum absolute atomic E-state index is 0.137. The molecule has 0 heterocycles. The lowest BCUT2D eigenvalue weighted by molar-refractivity contribution is 0.299. The van der Waals surface area contributed by atoms with Gasteiger partial charge in [0.05, 0.1) is 4.47 Å². The van der Waals surface area contributed by atoms with Crippen molar-refractivity contribution in [3.8, 4) is 5.75 Å². The van der Waals surface area contributed by atoms with E-state index in [4.69, 9.17) is 5.11 Å².